The van der Waals surface area contributed by atoms with Gasteiger partial charge in [0.2, 0.25) is 5.90 Å². The van der Waals surface area contributed by atoms with E-state index in [1.54, 1.807) is 6.92 Å². The van der Waals surface area contributed by atoms with E-state index in [0.717, 1.165) is 5.56 Å². The summed E-state index contributed by atoms with van der Waals surface area (Å²) in [5, 5.41) is 6.55. The lowest BCUT2D eigenvalue weighted by Gasteiger charge is -2.19. The Kier molecular flexibility index (Phi) is 7.94. The number of ether oxygens (including phenoxy) is 2. The molecular weight excluding hydrogens is 296 g/mol. The average Bonchev–Trinajstić information content (AvgIpc) is 2.46. The summed E-state index contributed by atoms with van der Waals surface area (Å²) in [6.07, 6.45) is 0.235. The van der Waals surface area contributed by atoms with Crippen LogP contribution < -0.4 is 5.32 Å². The molecule has 0 spiro atoms. The molecule has 0 bridgehead atoms. The first kappa shape index (κ1) is 18.8. The van der Waals surface area contributed by atoms with Gasteiger partial charge in [0.15, 0.2) is 0 Å². The first-order valence-electron chi connectivity index (χ1n) is 7.67. The van der Waals surface area contributed by atoms with Crippen LogP contribution in [0.4, 0.5) is 4.79 Å². The highest BCUT2D eigenvalue weighted by Gasteiger charge is 2.15. The van der Waals surface area contributed by atoms with Gasteiger partial charge in [-0.1, -0.05) is 35.5 Å². The highest BCUT2D eigenvalue weighted by molar-refractivity contribution is 5.72. The molecule has 6 heteroatoms. The third kappa shape index (κ3) is 10.2. The molecule has 1 rings (SSSR count). The highest BCUT2D eigenvalue weighted by Crippen LogP contribution is 2.06. The van der Waals surface area contributed by atoms with Gasteiger partial charge < -0.3 is 19.6 Å². The summed E-state index contributed by atoms with van der Waals surface area (Å²) in [6.45, 7) is 8.53. The number of benzene rings is 1. The van der Waals surface area contributed by atoms with Crippen molar-refractivity contribution in [3.8, 4) is 0 Å². The number of carbonyl (C=O) groups is 1. The lowest BCUT2D eigenvalue weighted by Crippen LogP contribution is -2.33. The summed E-state index contributed by atoms with van der Waals surface area (Å²) < 4.78 is 10.5. The van der Waals surface area contributed by atoms with Gasteiger partial charge in [-0.25, -0.2) is 4.79 Å². The van der Waals surface area contributed by atoms with E-state index in [1.165, 1.54) is 0 Å². The lowest BCUT2D eigenvalue weighted by molar-refractivity contribution is 0.0525. The number of nitrogens with zero attached hydrogens (tertiary/aromatic N) is 1. The van der Waals surface area contributed by atoms with Gasteiger partial charge >= 0.3 is 6.09 Å². The Balaban J connectivity index is 2.08. The van der Waals surface area contributed by atoms with Crippen LogP contribution in [0.3, 0.4) is 0 Å². The molecule has 0 aliphatic carbocycles. The Morgan fingerprint density at radius 3 is 2.57 bits per heavy atom. The number of carbonyl (C=O) groups excluding carboxylic acids is 1. The number of amides is 1. The molecule has 6 nitrogen and oxygen atoms in total. The van der Waals surface area contributed by atoms with Crippen molar-refractivity contribution in [3.05, 3.63) is 35.9 Å². The molecule has 1 amide bonds. The third-order valence-corrected chi connectivity index (χ3v) is 2.57. The number of rotatable bonds is 7. The van der Waals surface area contributed by atoms with Crippen LogP contribution in [0.1, 0.15) is 39.7 Å². The Morgan fingerprint density at radius 2 is 1.91 bits per heavy atom. The molecule has 0 aliphatic rings. The van der Waals surface area contributed by atoms with Gasteiger partial charge in [0.05, 0.1) is 6.61 Å². The molecule has 0 saturated heterocycles. The maximum atomic E-state index is 11.4. The Hall–Kier alpha value is -2.24. The maximum absolute atomic E-state index is 11.4. The van der Waals surface area contributed by atoms with E-state index >= 15 is 0 Å². The fraction of sp³-hybridized carbons (Fsp3) is 0.529. The van der Waals surface area contributed by atoms with Crippen LogP contribution in [-0.4, -0.2) is 30.7 Å². The summed E-state index contributed by atoms with van der Waals surface area (Å²) >= 11 is 0. The monoisotopic (exact) mass is 322 g/mol. The van der Waals surface area contributed by atoms with E-state index < -0.39 is 11.7 Å². The summed E-state index contributed by atoms with van der Waals surface area (Å²) in [4.78, 5) is 16.6. The molecular formula is C17H26N2O4. The molecule has 128 valence electrons. The zero-order chi connectivity index (χ0) is 17.1. The van der Waals surface area contributed by atoms with Crippen molar-refractivity contribution in [1.29, 1.82) is 0 Å². The molecule has 0 heterocycles. The molecule has 0 atom stereocenters. The van der Waals surface area contributed by atoms with E-state index in [1.807, 2.05) is 51.1 Å². The third-order valence-electron chi connectivity index (χ3n) is 2.57. The van der Waals surface area contributed by atoms with Crippen molar-refractivity contribution in [2.45, 2.75) is 46.3 Å². The molecule has 0 aliphatic heterocycles. The SMILES string of the molecule is CC(=NOCc1ccccc1)OCCCNC(=O)OC(C)(C)C. The second-order valence-electron chi connectivity index (χ2n) is 6.00. The predicted molar refractivity (Wildman–Crippen MR) is 89.1 cm³/mol. The van der Waals surface area contributed by atoms with Gasteiger partial charge in [-0.3, -0.25) is 0 Å². The van der Waals surface area contributed by atoms with E-state index in [2.05, 4.69) is 10.5 Å². The first-order valence-corrected chi connectivity index (χ1v) is 7.67. The largest absolute Gasteiger partial charge is 0.479 e. The Labute approximate surface area is 137 Å². The fourth-order valence-electron chi connectivity index (χ4n) is 1.59. The standard InChI is InChI=1S/C17H26N2O4/c1-14(19-22-13-15-9-6-5-7-10-15)21-12-8-11-18-16(20)23-17(2,3)4/h5-7,9-10H,8,11-13H2,1-4H3,(H,18,20). The summed E-state index contributed by atoms with van der Waals surface area (Å²) in [7, 11) is 0. The average molecular weight is 322 g/mol. The summed E-state index contributed by atoms with van der Waals surface area (Å²) in [5.41, 5.74) is 0.561. The minimum absolute atomic E-state index is 0.405. The normalized spacial score (nSPS) is 11.7. The second-order valence-corrected chi connectivity index (χ2v) is 6.00. The zero-order valence-electron chi connectivity index (χ0n) is 14.3. The minimum Gasteiger partial charge on any atom is -0.479 e. The van der Waals surface area contributed by atoms with Crippen LogP contribution >= 0.6 is 0 Å². The van der Waals surface area contributed by atoms with Crippen LogP contribution in [-0.2, 0) is 20.9 Å². The number of hydrogen-bond acceptors (Lipinski definition) is 5. The topological polar surface area (TPSA) is 69.2 Å². The van der Waals surface area contributed by atoms with Crippen molar-refractivity contribution in [3.63, 3.8) is 0 Å². The van der Waals surface area contributed by atoms with E-state index in [-0.39, 0.29) is 0 Å². The fourth-order valence-corrected chi connectivity index (χ4v) is 1.59. The van der Waals surface area contributed by atoms with Gasteiger partial charge in [-0.05, 0) is 32.8 Å². The van der Waals surface area contributed by atoms with Crippen molar-refractivity contribution >= 4 is 12.0 Å². The molecule has 23 heavy (non-hydrogen) atoms. The maximum Gasteiger partial charge on any atom is 0.407 e. The molecule has 0 radical (unpaired) electrons. The second kappa shape index (κ2) is 9.71. The molecule has 0 unspecified atom stereocenters. The predicted octanol–water partition coefficient (Wildman–Crippen LogP) is 3.47. The number of oxime groups is 1. The smallest absolute Gasteiger partial charge is 0.407 e. The van der Waals surface area contributed by atoms with Gasteiger partial charge in [-0.2, -0.15) is 0 Å². The number of alkyl carbamates (subject to hydrolysis) is 1. The zero-order valence-corrected chi connectivity index (χ0v) is 14.3. The van der Waals surface area contributed by atoms with Crippen LogP contribution in [0.5, 0.6) is 0 Å². The van der Waals surface area contributed by atoms with Crippen LogP contribution in [0, 0.1) is 0 Å². The van der Waals surface area contributed by atoms with Gasteiger partial charge in [0.1, 0.15) is 12.2 Å². The van der Waals surface area contributed by atoms with Gasteiger partial charge in [-0.15, -0.1) is 0 Å². The van der Waals surface area contributed by atoms with Gasteiger partial charge in [0, 0.05) is 13.5 Å². The number of nitrogens with one attached hydrogen (secondary N) is 1. The summed E-state index contributed by atoms with van der Waals surface area (Å²) in [5.74, 6) is 0.457. The van der Waals surface area contributed by atoms with Crippen molar-refractivity contribution in [2.75, 3.05) is 13.2 Å². The lowest BCUT2D eigenvalue weighted by atomic mass is 10.2. The minimum atomic E-state index is -0.486. The van der Waals surface area contributed by atoms with Gasteiger partial charge in [0.25, 0.3) is 0 Å². The molecule has 0 aromatic heterocycles. The first-order chi connectivity index (χ1) is 10.9. The number of hydrogen-bond donors (Lipinski definition) is 1. The van der Waals surface area contributed by atoms with E-state index in [0.29, 0.717) is 32.1 Å². The Bertz CT molecular complexity index is 495. The molecule has 1 aromatic rings. The van der Waals surface area contributed by atoms with Crippen LogP contribution in [0.2, 0.25) is 0 Å². The quantitative estimate of drug-likeness (QED) is 0.361. The van der Waals surface area contributed by atoms with E-state index in [4.69, 9.17) is 14.3 Å². The highest BCUT2D eigenvalue weighted by atomic mass is 16.6. The molecule has 0 fully saturated rings. The summed E-state index contributed by atoms with van der Waals surface area (Å²) in [6, 6.07) is 9.78. The van der Waals surface area contributed by atoms with Crippen LogP contribution in [0.15, 0.2) is 35.5 Å². The van der Waals surface area contributed by atoms with Crippen LogP contribution in [0.25, 0.3) is 0 Å². The Morgan fingerprint density at radius 1 is 1.22 bits per heavy atom. The molecule has 1 aromatic carbocycles. The molecule has 0 saturated carbocycles. The van der Waals surface area contributed by atoms with Crippen molar-refractivity contribution in [1.82, 2.24) is 5.32 Å². The molecule has 1 N–H and O–H groups in total. The van der Waals surface area contributed by atoms with Crippen molar-refractivity contribution in [2.24, 2.45) is 5.16 Å². The van der Waals surface area contributed by atoms with E-state index in [9.17, 15) is 4.79 Å². The van der Waals surface area contributed by atoms with Crippen molar-refractivity contribution < 1.29 is 19.1 Å².